The first kappa shape index (κ1) is 21.3. The van der Waals surface area contributed by atoms with Crippen molar-refractivity contribution in [3.8, 4) is 11.5 Å². The number of phenols is 1. The number of amides is 1. The van der Waals surface area contributed by atoms with Gasteiger partial charge in [-0.25, -0.2) is 4.39 Å². The number of benzene rings is 2. The summed E-state index contributed by atoms with van der Waals surface area (Å²) < 4.78 is 56.0. The predicted molar refractivity (Wildman–Crippen MR) is 97.0 cm³/mol. The molecule has 5 nitrogen and oxygen atoms in total. The summed E-state index contributed by atoms with van der Waals surface area (Å²) in [6.45, 7) is 6.43. The highest BCUT2D eigenvalue weighted by atomic mass is 19.4. The SMILES string of the molecule is Cc1c(F)cc(C(C)(C)C)c(O)c1C(=O)Nc1ccc(N)cc1OC(F)(F)F. The second-order valence-corrected chi connectivity index (χ2v) is 7.26. The summed E-state index contributed by atoms with van der Waals surface area (Å²) in [4.78, 5) is 12.7. The zero-order chi connectivity index (χ0) is 21.4. The minimum atomic E-state index is -5.01. The second-order valence-electron chi connectivity index (χ2n) is 7.26. The number of hydrogen-bond donors (Lipinski definition) is 3. The van der Waals surface area contributed by atoms with Crippen molar-refractivity contribution >= 4 is 17.3 Å². The smallest absolute Gasteiger partial charge is 0.507 e. The van der Waals surface area contributed by atoms with Crippen LogP contribution in [0, 0.1) is 12.7 Å². The van der Waals surface area contributed by atoms with Gasteiger partial charge in [0.05, 0.1) is 11.3 Å². The van der Waals surface area contributed by atoms with E-state index in [1.807, 2.05) is 0 Å². The van der Waals surface area contributed by atoms with Crippen LogP contribution in [0.2, 0.25) is 0 Å². The number of anilines is 2. The van der Waals surface area contributed by atoms with Crippen LogP contribution in [-0.4, -0.2) is 17.4 Å². The van der Waals surface area contributed by atoms with Crippen LogP contribution >= 0.6 is 0 Å². The molecule has 2 aromatic carbocycles. The molecule has 1 amide bonds. The molecule has 2 rings (SSSR count). The molecular weight excluding hydrogens is 380 g/mol. The van der Waals surface area contributed by atoms with Crippen LogP contribution in [0.1, 0.15) is 42.3 Å². The van der Waals surface area contributed by atoms with Gasteiger partial charge in [-0.05, 0) is 30.5 Å². The molecule has 0 spiro atoms. The zero-order valence-corrected chi connectivity index (χ0v) is 15.7. The fraction of sp³-hybridized carbons (Fsp3) is 0.316. The summed E-state index contributed by atoms with van der Waals surface area (Å²) in [5.74, 6) is -2.89. The van der Waals surface area contributed by atoms with Crippen LogP contribution in [0.5, 0.6) is 11.5 Å². The third-order valence-electron chi connectivity index (χ3n) is 4.01. The third-order valence-corrected chi connectivity index (χ3v) is 4.01. The molecule has 2 aromatic rings. The zero-order valence-electron chi connectivity index (χ0n) is 15.7. The Hall–Kier alpha value is -2.97. The van der Waals surface area contributed by atoms with Crippen molar-refractivity contribution in [1.82, 2.24) is 0 Å². The summed E-state index contributed by atoms with van der Waals surface area (Å²) in [5.41, 5.74) is 4.11. The van der Waals surface area contributed by atoms with Crippen LogP contribution in [0.15, 0.2) is 24.3 Å². The Morgan fingerprint density at radius 3 is 2.32 bits per heavy atom. The Kier molecular flexibility index (Phi) is 5.50. The minimum Gasteiger partial charge on any atom is -0.507 e. The largest absolute Gasteiger partial charge is 0.573 e. The van der Waals surface area contributed by atoms with Crippen molar-refractivity contribution in [1.29, 1.82) is 0 Å². The third kappa shape index (κ3) is 4.65. The molecule has 0 radical (unpaired) electrons. The topological polar surface area (TPSA) is 84.6 Å². The molecule has 0 heterocycles. The van der Waals surface area contributed by atoms with E-state index >= 15 is 0 Å². The molecule has 0 aromatic heterocycles. The van der Waals surface area contributed by atoms with Gasteiger partial charge in [0, 0.05) is 22.9 Å². The van der Waals surface area contributed by atoms with Gasteiger partial charge in [-0.2, -0.15) is 0 Å². The van der Waals surface area contributed by atoms with E-state index in [1.54, 1.807) is 20.8 Å². The number of nitrogens with one attached hydrogen (secondary N) is 1. The van der Waals surface area contributed by atoms with E-state index in [0.29, 0.717) is 0 Å². The Balaban J connectivity index is 2.51. The van der Waals surface area contributed by atoms with Gasteiger partial charge in [0.2, 0.25) is 0 Å². The molecule has 0 unspecified atom stereocenters. The standard InChI is InChI=1S/C19H20F4N2O3/c1-9-12(20)8-11(18(2,3)4)16(26)15(9)17(27)25-13-6-5-10(24)7-14(13)28-19(21,22)23/h5-8,26H,24H2,1-4H3,(H,25,27). The molecule has 0 saturated carbocycles. The van der Waals surface area contributed by atoms with E-state index in [1.165, 1.54) is 13.0 Å². The highest BCUT2D eigenvalue weighted by Gasteiger charge is 2.33. The van der Waals surface area contributed by atoms with Gasteiger partial charge in [0.1, 0.15) is 11.6 Å². The van der Waals surface area contributed by atoms with Crippen molar-refractivity contribution < 1.29 is 32.2 Å². The normalized spacial score (nSPS) is 12.0. The lowest BCUT2D eigenvalue weighted by Crippen LogP contribution is -2.21. The Labute approximate surface area is 159 Å². The Bertz CT molecular complexity index is 919. The number of phenolic OH excluding ortho intramolecular Hbond substituents is 1. The lowest BCUT2D eigenvalue weighted by molar-refractivity contribution is -0.274. The molecule has 4 N–H and O–H groups in total. The predicted octanol–water partition coefficient (Wildman–Crippen LogP) is 4.87. The minimum absolute atomic E-state index is 0.0166. The first-order chi connectivity index (χ1) is 12.7. The summed E-state index contributed by atoms with van der Waals surface area (Å²) in [6, 6.07) is 4.40. The second kappa shape index (κ2) is 7.21. The molecule has 0 aliphatic heterocycles. The molecule has 9 heteroatoms. The van der Waals surface area contributed by atoms with Gasteiger partial charge in [-0.1, -0.05) is 20.8 Å². The number of alkyl halides is 3. The van der Waals surface area contributed by atoms with E-state index in [9.17, 15) is 27.5 Å². The lowest BCUT2D eigenvalue weighted by Gasteiger charge is -2.23. The first-order valence-electron chi connectivity index (χ1n) is 8.20. The van der Waals surface area contributed by atoms with Gasteiger partial charge < -0.3 is 20.9 Å². The Morgan fingerprint density at radius 2 is 1.79 bits per heavy atom. The highest BCUT2D eigenvalue weighted by molar-refractivity contribution is 6.08. The van der Waals surface area contributed by atoms with Crippen molar-refractivity contribution in [3.63, 3.8) is 0 Å². The van der Waals surface area contributed by atoms with Crippen LogP contribution in [0.3, 0.4) is 0 Å². The van der Waals surface area contributed by atoms with Gasteiger partial charge in [-0.15, -0.1) is 13.2 Å². The van der Waals surface area contributed by atoms with Crippen molar-refractivity contribution in [2.45, 2.75) is 39.5 Å². The molecule has 0 bridgehead atoms. The molecule has 0 fully saturated rings. The van der Waals surface area contributed by atoms with E-state index < -0.39 is 35.0 Å². The summed E-state index contributed by atoms with van der Waals surface area (Å²) in [5, 5.41) is 12.7. The molecule has 28 heavy (non-hydrogen) atoms. The Morgan fingerprint density at radius 1 is 1.18 bits per heavy atom. The van der Waals surface area contributed by atoms with Gasteiger partial charge >= 0.3 is 6.36 Å². The molecule has 152 valence electrons. The highest BCUT2D eigenvalue weighted by Crippen LogP contribution is 2.38. The molecule has 0 atom stereocenters. The van der Waals surface area contributed by atoms with Crippen molar-refractivity contribution in [3.05, 3.63) is 46.8 Å². The number of ether oxygens (including phenoxy) is 1. The van der Waals surface area contributed by atoms with Crippen LogP contribution in [0.25, 0.3) is 0 Å². The maximum absolute atomic E-state index is 14.3. The number of aromatic hydroxyl groups is 1. The van der Waals surface area contributed by atoms with E-state index in [-0.39, 0.29) is 28.1 Å². The summed E-state index contributed by atoms with van der Waals surface area (Å²) in [6.07, 6.45) is -5.01. The number of nitrogen functional groups attached to an aromatic ring is 1. The molecule has 0 aliphatic rings. The van der Waals surface area contributed by atoms with Crippen molar-refractivity contribution in [2.75, 3.05) is 11.1 Å². The molecule has 0 aliphatic carbocycles. The van der Waals surface area contributed by atoms with Crippen molar-refractivity contribution in [2.24, 2.45) is 0 Å². The summed E-state index contributed by atoms with van der Waals surface area (Å²) in [7, 11) is 0. The first-order valence-corrected chi connectivity index (χ1v) is 8.20. The quantitative estimate of drug-likeness (QED) is 0.507. The molecular formula is C19H20F4N2O3. The van der Waals surface area contributed by atoms with E-state index in [0.717, 1.165) is 18.2 Å². The van der Waals surface area contributed by atoms with Crippen LogP contribution < -0.4 is 15.8 Å². The average molecular weight is 400 g/mol. The van der Waals surface area contributed by atoms with Gasteiger partial charge in [-0.3, -0.25) is 4.79 Å². The maximum atomic E-state index is 14.3. The number of carbonyl (C=O) groups excluding carboxylic acids is 1. The van der Waals surface area contributed by atoms with Crippen LogP contribution in [0.4, 0.5) is 28.9 Å². The molecule has 0 saturated heterocycles. The summed E-state index contributed by atoms with van der Waals surface area (Å²) >= 11 is 0. The van der Waals surface area contributed by atoms with E-state index in [4.69, 9.17) is 5.73 Å². The number of rotatable bonds is 3. The fourth-order valence-electron chi connectivity index (χ4n) is 2.62. The lowest BCUT2D eigenvalue weighted by atomic mass is 9.84. The number of nitrogens with two attached hydrogens (primary N) is 1. The van der Waals surface area contributed by atoms with Crippen LogP contribution in [-0.2, 0) is 5.41 Å². The number of hydrogen-bond acceptors (Lipinski definition) is 4. The number of halogens is 4. The van der Waals surface area contributed by atoms with Gasteiger partial charge in [0.25, 0.3) is 5.91 Å². The fourth-order valence-corrected chi connectivity index (χ4v) is 2.62. The van der Waals surface area contributed by atoms with Gasteiger partial charge in [0.15, 0.2) is 5.75 Å². The monoisotopic (exact) mass is 400 g/mol. The maximum Gasteiger partial charge on any atom is 0.573 e. The van der Waals surface area contributed by atoms with E-state index in [2.05, 4.69) is 10.1 Å². The average Bonchev–Trinajstić information content (AvgIpc) is 2.51. The number of carbonyl (C=O) groups is 1.